The molecule has 1 atom stereocenters. The molecule has 0 aliphatic carbocycles. The predicted octanol–water partition coefficient (Wildman–Crippen LogP) is 3.84. The number of amides is 1. The van der Waals surface area contributed by atoms with Crippen LogP contribution in [0, 0.1) is 13.8 Å². The minimum atomic E-state index is -0.485. The second-order valence-electron chi connectivity index (χ2n) is 6.49. The highest BCUT2D eigenvalue weighted by atomic mass is 16.5. The lowest BCUT2D eigenvalue weighted by Gasteiger charge is -2.19. The van der Waals surface area contributed by atoms with Gasteiger partial charge in [-0.2, -0.15) is 0 Å². The Morgan fingerprint density at radius 3 is 2.40 bits per heavy atom. The first-order valence-electron chi connectivity index (χ1n) is 8.69. The van der Waals surface area contributed by atoms with Gasteiger partial charge in [0.2, 0.25) is 0 Å². The second kappa shape index (κ2) is 8.56. The zero-order valence-corrected chi connectivity index (χ0v) is 15.8. The summed E-state index contributed by atoms with van der Waals surface area (Å²) in [7, 11) is 4.01. The summed E-state index contributed by atoms with van der Waals surface area (Å²) >= 11 is 0. The number of carbonyl (C=O) groups is 1. The van der Waals surface area contributed by atoms with Crippen molar-refractivity contribution < 1.29 is 9.53 Å². The highest BCUT2D eigenvalue weighted by Crippen LogP contribution is 2.22. The largest absolute Gasteiger partial charge is 0.480 e. The summed E-state index contributed by atoms with van der Waals surface area (Å²) in [6, 6.07) is 14.1. The van der Waals surface area contributed by atoms with Crippen LogP contribution in [0.25, 0.3) is 0 Å². The van der Waals surface area contributed by atoms with Gasteiger partial charge in [-0.15, -0.1) is 0 Å². The highest BCUT2D eigenvalue weighted by Gasteiger charge is 2.19. The number of aryl methyl sites for hydroxylation is 1. The van der Waals surface area contributed by atoms with Gasteiger partial charge in [-0.1, -0.05) is 31.2 Å². The van der Waals surface area contributed by atoms with Crippen LogP contribution in [0.2, 0.25) is 0 Å². The standard InChI is InChI=1S/C21H28N2O2/c1-6-19(25-20-9-7-8-15(2)16(20)3)21(24)22-14-17-10-12-18(13-11-17)23(4)5/h7-13,19H,6,14H2,1-5H3,(H,22,24). The molecule has 0 spiro atoms. The van der Waals surface area contributed by atoms with E-state index in [1.165, 1.54) is 0 Å². The van der Waals surface area contributed by atoms with Gasteiger partial charge in [0.25, 0.3) is 5.91 Å². The van der Waals surface area contributed by atoms with E-state index in [0.29, 0.717) is 13.0 Å². The topological polar surface area (TPSA) is 41.6 Å². The molecule has 25 heavy (non-hydrogen) atoms. The van der Waals surface area contributed by atoms with Gasteiger partial charge in [0.15, 0.2) is 6.10 Å². The number of benzene rings is 2. The van der Waals surface area contributed by atoms with Crippen molar-refractivity contribution in [3.8, 4) is 5.75 Å². The number of carbonyl (C=O) groups excluding carboxylic acids is 1. The Hall–Kier alpha value is -2.49. The quantitative estimate of drug-likeness (QED) is 0.832. The lowest BCUT2D eigenvalue weighted by molar-refractivity contribution is -0.128. The molecule has 0 saturated carbocycles. The van der Waals surface area contributed by atoms with Crippen LogP contribution >= 0.6 is 0 Å². The molecule has 4 heteroatoms. The van der Waals surface area contributed by atoms with Gasteiger partial charge in [0, 0.05) is 26.3 Å². The fraction of sp³-hybridized carbons (Fsp3) is 0.381. The molecule has 0 aromatic heterocycles. The molecule has 2 aromatic rings. The molecule has 0 radical (unpaired) electrons. The summed E-state index contributed by atoms with van der Waals surface area (Å²) < 4.78 is 5.96. The van der Waals surface area contributed by atoms with Gasteiger partial charge in [-0.05, 0) is 55.2 Å². The van der Waals surface area contributed by atoms with Gasteiger partial charge >= 0.3 is 0 Å². The fourth-order valence-corrected chi connectivity index (χ4v) is 2.54. The fourth-order valence-electron chi connectivity index (χ4n) is 2.54. The SMILES string of the molecule is CCC(Oc1cccc(C)c1C)C(=O)NCc1ccc(N(C)C)cc1. The highest BCUT2D eigenvalue weighted by molar-refractivity contribution is 5.81. The number of nitrogens with one attached hydrogen (secondary N) is 1. The van der Waals surface area contributed by atoms with E-state index in [-0.39, 0.29) is 5.91 Å². The minimum absolute atomic E-state index is 0.0832. The van der Waals surface area contributed by atoms with E-state index in [9.17, 15) is 4.79 Å². The first kappa shape index (κ1) is 18.8. The maximum atomic E-state index is 12.5. The van der Waals surface area contributed by atoms with Crippen molar-refractivity contribution in [1.29, 1.82) is 0 Å². The van der Waals surface area contributed by atoms with Crippen LogP contribution in [0.15, 0.2) is 42.5 Å². The van der Waals surface area contributed by atoms with E-state index in [0.717, 1.165) is 28.1 Å². The Balaban J connectivity index is 1.96. The Morgan fingerprint density at radius 1 is 1.12 bits per heavy atom. The van der Waals surface area contributed by atoms with Gasteiger partial charge < -0.3 is 15.0 Å². The van der Waals surface area contributed by atoms with Crippen molar-refractivity contribution in [3.05, 3.63) is 59.2 Å². The van der Waals surface area contributed by atoms with E-state index >= 15 is 0 Å². The first-order chi connectivity index (χ1) is 11.9. The number of rotatable bonds is 7. The van der Waals surface area contributed by atoms with Crippen LogP contribution in [0.4, 0.5) is 5.69 Å². The lowest BCUT2D eigenvalue weighted by Crippen LogP contribution is -2.37. The molecule has 0 aliphatic rings. The summed E-state index contributed by atoms with van der Waals surface area (Å²) in [5.74, 6) is 0.692. The van der Waals surface area contributed by atoms with Crippen LogP contribution in [0.5, 0.6) is 5.75 Å². The monoisotopic (exact) mass is 340 g/mol. The van der Waals surface area contributed by atoms with Gasteiger partial charge in [-0.25, -0.2) is 0 Å². The zero-order chi connectivity index (χ0) is 18.4. The van der Waals surface area contributed by atoms with E-state index in [4.69, 9.17) is 4.74 Å². The molecule has 0 bridgehead atoms. The van der Waals surface area contributed by atoms with Crippen molar-refractivity contribution in [1.82, 2.24) is 5.32 Å². The van der Waals surface area contributed by atoms with E-state index in [1.807, 2.05) is 82.2 Å². The third-order valence-corrected chi connectivity index (χ3v) is 4.41. The average Bonchev–Trinajstić information content (AvgIpc) is 2.61. The molecule has 0 heterocycles. The van der Waals surface area contributed by atoms with Gasteiger partial charge in [0.1, 0.15) is 5.75 Å². The number of hydrogen-bond acceptors (Lipinski definition) is 3. The van der Waals surface area contributed by atoms with Gasteiger partial charge in [0.05, 0.1) is 0 Å². The normalized spacial score (nSPS) is 11.7. The molecule has 0 saturated heterocycles. The maximum absolute atomic E-state index is 12.5. The van der Waals surface area contributed by atoms with Crippen molar-refractivity contribution >= 4 is 11.6 Å². The summed E-state index contributed by atoms with van der Waals surface area (Å²) in [5.41, 5.74) is 4.45. The molecule has 0 aliphatic heterocycles. The number of hydrogen-bond donors (Lipinski definition) is 1. The van der Waals surface area contributed by atoms with Crippen molar-refractivity contribution in [2.45, 2.75) is 39.8 Å². The van der Waals surface area contributed by atoms with Crippen LogP contribution in [-0.2, 0) is 11.3 Å². The lowest BCUT2D eigenvalue weighted by atomic mass is 10.1. The number of ether oxygens (including phenoxy) is 1. The van der Waals surface area contributed by atoms with Crippen molar-refractivity contribution in [2.24, 2.45) is 0 Å². The number of anilines is 1. The molecule has 1 unspecified atom stereocenters. The van der Waals surface area contributed by atoms with Crippen molar-refractivity contribution in [3.63, 3.8) is 0 Å². The van der Waals surface area contributed by atoms with Crippen LogP contribution in [0.1, 0.15) is 30.0 Å². The van der Waals surface area contributed by atoms with E-state index in [1.54, 1.807) is 0 Å². The van der Waals surface area contributed by atoms with E-state index < -0.39 is 6.10 Å². The van der Waals surface area contributed by atoms with Gasteiger partial charge in [-0.3, -0.25) is 4.79 Å². The molecule has 1 N–H and O–H groups in total. The summed E-state index contributed by atoms with van der Waals surface area (Å²) in [6.07, 6.45) is 0.139. The molecule has 134 valence electrons. The first-order valence-corrected chi connectivity index (χ1v) is 8.69. The average molecular weight is 340 g/mol. The summed E-state index contributed by atoms with van der Waals surface area (Å²) in [5, 5.41) is 2.98. The number of nitrogens with zero attached hydrogens (tertiary/aromatic N) is 1. The molecule has 0 fully saturated rings. The Labute approximate surface area is 150 Å². The predicted molar refractivity (Wildman–Crippen MR) is 103 cm³/mol. The summed E-state index contributed by atoms with van der Waals surface area (Å²) in [4.78, 5) is 14.5. The Bertz CT molecular complexity index is 708. The molecule has 2 aromatic carbocycles. The molecule has 2 rings (SSSR count). The Morgan fingerprint density at radius 2 is 1.80 bits per heavy atom. The Kier molecular flexibility index (Phi) is 6.45. The molecule has 1 amide bonds. The van der Waals surface area contributed by atoms with Crippen LogP contribution in [-0.4, -0.2) is 26.1 Å². The summed E-state index contributed by atoms with van der Waals surface area (Å²) in [6.45, 7) is 6.52. The second-order valence-corrected chi connectivity index (χ2v) is 6.49. The minimum Gasteiger partial charge on any atom is -0.480 e. The third-order valence-electron chi connectivity index (χ3n) is 4.41. The van der Waals surface area contributed by atoms with Crippen LogP contribution < -0.4 is 15.0 Å². The van der Waals surface area contributed by atoms with Crippen LogP contribution in [0.3, 0.4) is 0 Å². The molecular formula is C21H28N2O2. The van der Waals surface area contributed by atoms with Crippen molar-refractivity contribution in [2.75, 3.05) is 19.0 Å². The third kappa shape index (κ3) is 4.99. The maximum Gasteiger partial charge on any atom is 0.261 e. The van der Waals surface area contributed by atoms with E-state index in [2.05, 4.69) is 5.32 Å². The molecule has 4 nitrogen and oxygen atoms in total. The zero-order valence-electron chi connectivity index (χ0n) is 15.8. The molecular weight excluding hydrogens is 312 g/mol. The smallest absolute Gasteiger partial charge is 0.261 e.